The van der Waals surface area contributed by atoms with E-state index in [1.54, 1.807) is 12.3 Å². The molecule has 0 radical (unpaired) electrons. The summed E-state index contributed by atoms with van der Waals surface area (Å²) in [5.74, 6) is 0.0668. The van der Waals surface area contributed by atoms with Gasteiger partial charge in [0.15, 0.2) is 11.5 Å². The molecule has 0 saturated heterocycles. The van der Waals surface area contributed by atoms with Crippen LogP contribution in [0.15, 0.2) is 49.2 Å². The standard InChI is InChI=1S/C17H13FN4O2/c1-11-2-3-21-17(22-11)7-16(23)12-4-13(18)6-14(5-12)24-15-8-19-10-20-9-15/h2-6,8-10H,7H2,1H3. The van der Waals surface area contributed by atoms with Crippen molar-refractivity contribution in [1.82, 2.24) is 19.9 Å². The molecule has 6 nitrogen and oxygen atoms in total. The summed E-state index contributed by atoms with van der Waals surface area (Å²) in [6, 6.07) is 5.55. The van der Waals surface area contributed by atoms with Crippen LogP contribution in [0.5, 0.6) is 11.5 Å². The van der Waals surface area contributed by atoms with E-state index in [0.29, 0.717) is 11.6 Å². The molecule has 0 bridgehead atoms. The van der Waals surface area contributed by atoms with Crippen LogP contribution in [0.4, 0.5) is 4.39 Å². The van der Waals surface area contributed by atoms with Crippen LogP contribution in [-0.4, -0.2) is 25.7 Å². The topological polar surface area (TPSA) is 77.9 Å². The van der Waals surface area contributed by atoms with Crippen molar-refractivity contribution in [3.05, 3.63) is 72.1 Å². The summed E-state index contributed by atoms with van der Waals surface area (Å²) in [6.45, 7) is 1.81. The molecule has 0 aliphatic rings. The summed E-state index contributed by atoms with van der Waals surface area (Å²) >= 11 is 0. The molecule has 3 rings (SSSR count). The number of ketones is 1. The second-order valence-electron chi connectivity index (χ2n) is 5.07. The molecule has 0 fully saturated rings. The lowest BCUT2D eigenvalue weighted by Crippen LogP contribution is -2.08. The smallest absolute Gasteiger partial charge is 0.170 e. The van der Waals surface area contributed by atoms with Gasteiger partial charge in [0.2, 0.25) is 0 Å². The maximum atomic E-state index is 13.8. The zero-order chi connectivity index (χ0) is 16.9. The van der Waals surface area contributed by atoms with E-state index in [1.165, 1.54) is 30.9 Å². The highest BCUT2D eigenvalue weighted by Gasteiger charge is 2.13. The Balaban J connectivity index is 1.81. The maximum absolute atomic E-state index is 13.8. The van der Waals surface area contributed by atoms with Crippen LogP contribution in [0.3, 0.4) is 0 Å². The number of nitrogens with zero attached hydrogens (tertiary/aromatic N) is 4. The van der Waals surface area contributed by atoms with E-state index >= 15 is 0 Å². The van der Waals surface area contributed by atoms with Crippen molar-refractivity contribution >= 4 is 5.78 Å². The fraction of sp³-hybridized carbons (Fsp3) is 0.118. The van der Waals surface area contributed by atoms with E-state index in [4.69, 9.17) is 4.74 Å². The highest BCUT2D eigenvalue weighted by Crippen LogP contribution is 2.23. The van der Waals surface area contributed by atoms with Crippen LogP contribution in [0, 0.1) is 12.7 Å². The van der Waals surface area contributed by atoms with Gasteiger partial charge in [-0.2, -0.15) is 0 Å². The van der Waals surface area contributed by atoms with Gasteiger partial charge >= 0.3 is 0 Å². The number of Topliss-reactive ketones (excluding diaryl/α,β-unsaturated/α-hetero) is 1. The van der Waals surface area contributed by atoms with Crippen molar-refractivity contribution in [3.63, 3.8) is 0 Å². The molecule has 1 aromatic carbocycles. The first-order chi connectivity index (χ1) is 11.6. The molecule has 0 unspecified atom stereocenters. The van der Waals surface area contributed by atoms with Gasteiger partial charge in [-0.25, -0.2) is 24.3 Å². The molecule has 0 aliphatic heterocycles. The van der Waals surface area contributed by atoms with Gasteiger partial charge in [-0.1, -0.05) is 0 Å². The quantitative estimate of drug-likeness (QED) is 0.672. The Morgan fingerprint density at radius 3 is 2.71 bits per heavy atom. The fourth-order valence-corrected chi connectivity index (χ4v) is 2.09. The lowest BCUT2D eigenvalue weighted by atomic mass is 10.1. The number of hydrogen-bond acceptors (Lipinski definition) is 6. The fourth-order valence-electron chi connectivity index (χ4n) is 2.09. The molecule has 24 heavy (non-hydrogen) atoms. The molecule has 2 aromatic heterocycles. The Kier molecular flexibility index (Phi) is 4.51. The molecular formula is C17H13FN4O2. The third kappa shape index (κ3) is 3.95. The predicted octanol–water partition coefficient (Wildman–Crippen LogP) is 2.93. The second-order valence-corrected chi connectivity index (χ2v) is 5.07. The molecule has 3 aromatic rings. The molecule has 0 atom stereocenters. The summed E-state index contributed by atoms with van der Waals surface area (Å²) in [6.07, 6.45) is 5.81. The molecule has 120 valence electrons. The first kappa shape index (κ1) is 15.7. The van der Waals surface area contributed by atoms with Gasteiger partial charge in [-0.3, -0.25) is 4.79 Å². The number of carbonyl (C=O) groups is 1. The first-order valence-corrected chi connectivity index (χ1v) is 7.15. The largest absolute Gasteiger partial charge is 0.454 e. The van der Waals surface area contributed by atoms with Crippen molar-refractivity contribution in [2.24, 2.45) is 0 Å². The highest BCUT2D eigenvalue weighted by molar-refractivity contribution is 5.97. The summed E-state index contributed by atoms with van der Waals surface area (Å²) in [4.78, 5) is 28.2. The minimum absolute atomic E-state index is 0.0149. The second kappa shape index (κ2) is 6.91. The minimum Gasteiger partial charge on any atom is -0.454 e. The lowest BCUT2D eigenvalue weighted by molar-refractivity contribution is 0.0990. The van der Waals surface area contributed by atoms with Gasteiger partial charge in [0.05, 0.1) is 18.8 Å². The molecule has 7 heteroatoms. The summed E-state index contributed by atoms with van der Waals surface area (Å²) in [7, 11) is 0. The third-order valence-electron chi connectivity index (χ3n) is 3.13. The van der Waals surface area contributed by atoms with Crippen molar-refractivity contribution in [3.8, 4) is 11.5 Å². The zero-order valence-electron chi connectivity index (χ0n) is 12.8. The monoisotopic (exact) mass is 324 g/mol. The molecule has 0 saturated carbocycles. The Labute approximate surface area is 137 Å². The first-order valence-electron chi connectivity index (χ1n) is 7.15. The normalized spacial score (nSPS) is 10.4. The van der Waals surface area contributed by atoms with Crippen LogP contribution < -0.4 is 4.74 Å². The Hall–Kier alpha value is -3.22. The van der Waals surface area contributed by atoms with Crippen LogP contribution >= 0.6 is 0 Å². The summed E-state index contributed by atoms with van der Waals surface area (Å²) in [5.41, 5.74) is 0.951. The number of aryl methyl sites for hydroxylation is 1. The number of hydrogen-bond donors (Lipinski definition) is 0. The number of aromatic nitrogens is 4. The SMILES string of the molecule is Cc1ccnc(CC(=O)c2cc(F)cc(Oc3cncnc3)c2)n1. The van der Waals surface area contributed by atoms with Gasteiger partial charge in [-0.05, 0) is 25.1 Å². The average molecular weight is 324 g/mol. The van der Waals surface area contributed by atoms with Crippen molar-refractivity contribution in [1.29, 1.82) is 0 Å². The zero-order valence-corrected chi connectivity index (χ0v) is 12.8. The number of carbonyl (C=O) groups excluding carboxylic acids is 1. The van der Waals surface area contributed by atoms with E-state index in [2.05, 4.69) is 19.9 Å². The van der Waals surface area contributed by atoms with E-state index in [1.807, 2.05) is 6.92 Å². The van der Waals surface area contributed by atoms with Crippen LogP contribution in [0.2, 0.25) is 0 Å². The molecule has 0 amide bonds. The van der Waals surface area contributed by atoms with Gasteiger partial charge in [0.1, 0.15) is 23.7 Å². The van der Waals surface area contributed by atoms with Crippen LogP contribution in [-0.2, 0) is 6.42 Å². The van der Waals surface area contributed by atoms with Crippen LogP contribution in [0.25, 0.3) is 0 Å². The van der Waals surface area contributed by atoms with Gasteiger partial charge < -0.3 is 4.74 Å². The van der Waals surface area contributed by atoms with E-state index in [0.717, 1.165) is 11.8 Å². The highest BCUT2D eigenvalue weighted by atomic mass is 19.1. The van der Waals surface area contributed by atoms with Crippen molar-refractivity contribution in [2.45, 2.75) is 13.3 Å². The maximum Gasteiger partial charge on any atom is 0.170 e. The van der Waals surface area contributed by atoms with Gasteiger partial charge in [-0.15, -0.1) is 0 Å². The van der Waals surface area contributed by atoms with Gasteiger partial charge in [0.25, 0.3) is 0 Å². The third-order valence-corrected chi connectivity index (χ3v) is 3.13. The number of ether oxygens (including phenoxy) is 1. The minimum atomic E-state index is -0.571. The molecule has 0 spiro atoms. The number of halogens is 1. The predicted molar refractivity (Wildman–Crippen MR) is 83.3 cm³/mol. The van der Waals surface area contributed by atoms with Gasteiger partial charge in [0, 0.05) is 23.5 Å². The van der Waals surface area contributed by atoms with Crippen LogP contribution in [0.1, 0.15) is 21.9 Å². The number of rotatable bonds is 5. The van der Waals surface area contributed by atoms with Crippen molar-refractivity contribution < 1.29 is 13.9 Å². The molecular weight excluding hydrogens is 311 g/mol. The molecule has 0 N–H and O–H groups in total. The van der Waals surface area contributed by atoms with E-state index < -0.39 is 5.82 Å². The summed E-state index contributed by atoms with van der Waals surface area (Å²) < 4.78 is 19.3. The van der Waals surface area contributed by atoms with E-state index in [9.17, 15) is 9.18 Å². The Morgan fingerprint density at radius 1 is 1.17 bits per heavy atom. The summed E-state index contributed by atoms with van der Waals surface area (Å²) in [5, 5.41) is 0. The number of benzene rings is 1. The Bertz CT molecular complexity index is 871. The molecule has 2 heterocycles. The molecule has 0 aliphatic carbocycles. The average Bonchev–Trinajstić information content (AvgIpc) is 2.55. The van der Waals surface area contributed by atoms with E-state index in [-0.39, 0.29) is 23.5 Å². The lowest BCUT2D eigenvalue weighted by Gasteiger charge is -2.07. The van der Waals surface area contributed by atoms with Crippen molar-refractivity contribution in [2.75, 3.05) is 0 Å². The Morgan fingerprint density at radius 2 is 1.96 bits per heavy atom.